The van der Waals surface area contributed by atoms with Crippen LogP contribution in [0.1, 0.15) is 44.6 Å². The lowest BCUT2D eigenvalue weighted by molar-refractivity contribution is 0.744. The van der Waals surface area contributed by atoms with Gasteiger partial charge in [-0.05, 0) is 13.8 Å². The van der Waals surface area contributed by atoms with Gasteiger partial charge in [0.15, 0.2) is 0 Å². The van der Waals surface area contributed by atoms with Crippen LogP contribution in [0.5, 0.6) is 0 Å². The maximum atomic E-state index is 5.55. The van der Waals surface area contributed by atoms with E-state index in [1.54, 1.807) is 0 Å². The Balaban J connectivity index is 2.94. The van der Waals surface area contributed by atoms with Crippen molar-refractivity contribution in [2.75, 3.05) is 18.0 Å². The Hall–Kier alpha value is -1.23. The molecule has 1 heterocycles. The van der Waals surface area contributed by atoms with Gasteiger partial charge in [-0.15, -0.1) is 0 Å². The number of hydrogen-bond acceptors (Lipinski definition) is 4. The summed E-state index contributed by atoms with van der Waals surface area (Å²) in [4.78, 5) is 11.8. The summed E-state index contributed by atoms with van der Waals surface area (Å²) < 4.78 is 0. The molecule has 0 aliphatic carbocycles. The van der Waals surface area contributed by atoms with Crippen LogP contribution in [0.3, 0.4) is 0 Å². The first-order chi connectivity index (χ1) is 8.43. The van der Waals surface area contributed by atoms with E-state index in [-0.39, 0.29) is 0 Å². The van der Waals surface area contributed by atoms with E-state index in [9.17, 15) is 0 Å². The predicted molar refractivity (Wildman–Crippen MR) is 80.1 cm³/mol. The number of aryl methyl sites for hydroxylation is 1. The molecule has 1 aromatic heterocycles. The fourth-order valence-corrected chi connectivity index (χ4v) is 1.77. The molecule has 0 amide bonds. The van der Waals surface area contributed by atoms with Crippen LogP contribution in [0.15, 0.2) is 6.07 Å². The molecule has 0 bridgehead atoms. The van der Waals surface area contributed by atoms with E-state index in [1.807, 2.05) is 13.0 Å². The van der Waals surface area contributed by atoms with Gasteiger partial charge < -0.3 is 10.6 Å². The Labute approximate surface area is 115 Å². The summed E-state index contributed by atoms with van der Waals surface area (Å²) in [6.45, 7) is 9.99. The Morgan fingerprint density at radius 2 is 2.11 bits per heavy atom. The summed E-state index contributed by atoms with van der Waals surface area (Å²) in [6.07, 6.45) is 0.712. The molecule has 5 heteroatoms. The number of aromatic nitrogens is 2. The van der Waals surface area contributed by atoms with E-state index in [2.05, 4.69) is 35.6 Å². The van der Waals surface area contributed by atoms with Gasteiger partial charge in [-0.2, -0.15) is 0 Å². The van der Waals surface area contributed by atoms with E-state index in [0.717, 1.165) is 30.4 Å². The van der Waals surface area contributed by atoms with E-state index >= 15 is 0 Å². The number of rotatable bonds is 6. The van der Waals surface area contributed by atoms with Gasteiger partial charge in [0, 0.05) is 37.2 Å². The third-order valence-electron chi connectivity index (χ3n) is 2.71. The predicted octanol–water partition coefficient (Wildman–Crippen LogP) is 2.41. The first kappa shape index (κ1) is 14.8. The zero-order chi connectivity index (χ0) is 13.7. The van der Waals surface area contributed by atoms with E-state index in [1.165, 1.54) is 0 Å². The van der Waals surface area contributed by atoms with Gasteiger partial charge in [-0.1, -0.05) is 26.1 Å². The van der Waals surface area contributed by atoms with Crippen LogP contribution in [0.4, 0.5) is 5.82 Å². The minimum atomic E-state index is 0.331. The molecule has 0 aromatic carbocycles. The average molecular weight is 266 g/mol. The molecule has 18 heavy (non-hydrogen) atoms. The average Bonchev–Trinajstić information content (AvgIpc) is 2.28. The second kappa shape index (κ2) is 6.64. The second-order valence-corrected chi connectivity index (χ2v) is 5.20. The lowest BCUT2D eigenvalue weighted by Gasteiger charge is -2.22. The number of hydrogen-bond donors (Lipinski definition) is 1. The molecule has 0 radical (unpaired) electrons. The molecular weight excluding hydrogens is 244 g/mol. The molecule has 4 nitrogen and oxygen atoms in total. The van der Waals surface area contributed by atoms with Crippen molar-refractivity contribution in [3.05, 3.63) is 17.6 Å². The largest absolute Gasteiger partial charge is 0.393 e. The third-order valence-corrected chi connectivity index (χ3v) is 2.91. The van der Waals surface area contributed by atoms with Crippen molar-refractivity contribution in [2.24, 2.45) is 5.73 Å². The number of thiocarbonyl (C=S) groups is 1. The summed E-state index contributed by atoms with van der Waals surface area (Å²) in [6, 6.07) is 2.01. The minimum absolute atomic E-state index is 0.331. The van der Waals surface area contributed by atoms with Crippen LogP contribution < -0.4 is 10.6 Å². The second-order valence-electron chi connectivity index (χ2n) is 4.68. The van der Waals surface area contributed by atoms with E-state index < -0.39 is 0 Å². The van der Waals surface area contributed by atoms with Crippen molar-refractivity contribution in [2.45, 2.75) is 40.0 Å². The molecule has 2 N–H and O–H groups in total. The molecule has 1 rings (SSSR count). The highest BCUT2D eigenvalue weighted by Gasteiger charge is 2.11. The highest BCUT2D eigenvalue weighted by molar-refractivity contribution is 7.80. The molecule has 0 aliphatic heterocycles. The third kappa shape index (κ3) is 4.22. The van der Waals surface area contributed by atoms with Gasteiger partial charge in [0.2, 0.25) is 0 Å². The minimum Gasteiger partial charge on any atom is -0.393 e. The van der Waals surface area contributed by atoms with Gasteiger partial charge in [-0.25, -0.2) is 9.97 Å². The van der Waals surface area contributed by atoms with Crippen molar-refractivity contribution >= 4 is 23.0 Å². The molecule has 1 aromatic rings. The van der Waals surface area contributed by atoms with Gasteiger partial charge in [0.25, 0.3) is 0 Å². The van der Waals surface area contributed by atoms with Gasteiger partial charge in [0.05, 0.1) is 4.99 Å². The monoisotopic (exact) mass is 266 g/mol. The summed E-state index contributed by atoms with van der Waals surface area (Å²) in [7, 11) is 0. The lowest BCUT2D eigenvalue weighted by atomic mass is 10.2. The van der Waals surface area contributed by atoms with Crippen molar-refractivity contribution in [1.29, 1.82) is 0 Å². The highest BCUT2D eigenvalue weighted by atomic mass is 32.1. The summed E-state index contributed by atoms with van der Waals surface area (Å²) in [5.41, 5.74) is 6.55. The van der Waals surface area contributed by atoms with Gasteiger partial charge in [0.1, 0.15) is 11.6 Å². The zero-order valence-corrected chi connectivity index (χ0v) is 12.4. The molecule has 0 unspecified atom stereocenters. The van der Waals surface area contributed by atoms with Gasteiger partial charge >= 0.3 is 0 Å². The van der Waals surface area contributed by atoms with Crippen molar-refractivity contribution in [3.8, 4) is 0 Å². The first-order valence-electron chi connectivity index (χ1n) is 6.32. The number of anilines is 1. The molecule has 0 saturated carbocycles. The molecular formula is C13H22N4S. The topological polar surface area (TPSA) is 55.0 Å². The van der Waals surface area contributed by atoms with E-state index in [0.29, 0.717) is 17.3 Å². The summed E-state index contributed by atoms with van der Waals surface area (Å²) in [5.74, 6) is 2.18. The van der Waals surface area contributed by atoms with Crippen LogP contribution in [0.25, 0.3) is 0 Å². The van der Waals surface area contributed by atoms with Crippen LogP contribution >= 0.6 is 12.2 Å². The quantitative estimate of drug-likeness (QED) is 0.801. The van der Waals surface area contributed by atoms with Crippen molar-refractivity contribution < 1.29 is 0 Å². The normalized spacial score (nSPS) is 10.7. The molecule has 0 fully saturated rings. The molecule has 0 saturated heterocycles. The smallest absolute Gasteiger partial charge is 0.133 e. The van der Waals surface area contributed by atoms with Crippen molar-refractivity contribution in [3.63, 3.8) is 0 Å². The molecule has 0 atom stereocenters. The Morgan fingerprint density at radius 1 is 1.44 bits per heavy atom. The van der Waals surface area contributed by atoms with E-state index in [4.69, 9.17) is 18.0 Å². The summed E-state index contributed by atoms with van der Waals surface area (Å²) >= 11 is 4.92. The van der Waals surface area contributed by atoms with Crippen LogP contribution in [-0.4, -0.2) is 28.0 Å². The molecule has 100 valence electrons. The highest BCUT2D eigenvalue weighted by Crippen LogP contribution is 2.17. The summed E-state index contributed by atoms with van der Waals surface area (Å²) in [5, 5.41) is 0. The standard InChI is InChI=1S/C13H22N4S/c1-5-17(7-6-11(14)18)12-8-10(4)15-13(16-12)9(2)3/h8-9H,5-7H2,1-4H3,(H2,14,18). The zero-order valence-electron chi connectivity index (χ0n) is 11.6. The molecule has 0 aliphatic rings. The van der Waals surface area contributed by atoms with Crippen LogP contribution in [-0.2, 0) is 0 Å². The SMILES string of the molecule is CCN(CCC(N)=S)c1cc(C)nc(C(C)C)n1. The molecule has 0 spiro atoms. The maximum Gasteiger partial charge on any atom is 0.133 e. The maximum absolute atomic E-state index is 5.55. The Kier molecular flexibility index (Phi) is 5.47. The Morgan fingerprint density at radius 3 is 2.61 bits per heavy atom. The van der Waals surface area contributed by atoms with Crippen LogP contribution in [0.2, 0.25) is 0 Å². The fourth-order valence-electron chi connectivity index (χ4n) is 1.67. The van der Waals surface area contributed by atoms with Crippen molar-refractivity contribution in [1.82, 2.24) is 9.97 Å². The number of nitrogens with zero attached hydrogens (tertiary/aromatic N) is 3. The fraction of sp³-hybridized carbons (Fsp3) is 0.615. The van der Waals surface area contributed by atoms with Crippen LogP contribution in [0, 0.1) is 6.92 Å². The van der Waals surface area contributed by atoms with Gasteiger partial charge in [-0.3, -0.25) is 0 Å². The number of nitrogens with two attached hydrogens (primary N) is 1. The Bertz CT molecular complexity index is 417. The lowest BCUT2D eigenvalue weighted by Crippen LogP contribution is -2.28. The first-order valence-corrected chi connectivity index (χ1v) is 6.73.